The Labute approximate surface area is 179 Å². The Balaban J connectivity index is 1.65. The zero-order valence-corrected chi connectivity index (χ0v) is 17.7. The molecule has 3 aromatic rings. The third-order valence-corrected chi connectivity index (χ3v) is 4.51. The van der Waals surface area contributed by atoms with Crippen LogP contribution in [0.1, 0.15) is 35.0 Å². The Hall–Kier alpha value is -3.36. The molecule has 164 valence electrons. The van der Waals surface area contributed by atoms with E-state index in [0.29, 0.717) is 24.6 Å². The number of alkyl halides is 3. The maximum atomic E-state index is 12.9. The molecule has 31 heavy (non-hydrogen) atoms. The molecule has 0 unspecified atom stereocenters. The van der Waals surface area contributed by atoms with Crippen LogP contribution in [0.5, 0.6) is 0 Å². The number of hydrogen-bond donors (Lipinski definition) is 2. The highest BCUT2D eigenvalue weighted by atomic mass is 19.4. The minimum Gasteiger partial charge on any atom is -0.357 e. The number of aliphatic imine (C=N–C) groups is 1. The number of halogens is 3. The molecule has 6 nitrogen and oxygen atoms in total. The number of nitrogens with zero attached hydrogens (tertiary/aromatic N) is 4. The molecule has 0 saturated heterocycles. The van der Waals surface area contributed by atoms with Crippen LogP contribution in [0.15, 0.2) is 53.7 Å². The molecule has 0 spiro atoms. The van der Waals surface area contributed by atoms with Crippen molar-refractivity contribution < 1.29 is 13.2 Å². The molecule has 0 atom stereocenters. The van der Waals surface area contributed by atoms with E-state index >= 15 is 0 Å². The number of pyridine rings is 1. The first-order valence-electron chi connectivity index (χ1n) is 9.93. The number of guanidine groups is 1. The van der Waals surface area contributed by atoms with Gasteiger partial charge >= 0.3 is 6.18 Å². The van der Waals surface area contributed by atoms with Crippen molar-refractivity contribution in [2.75, 3.05) is 6.54 Å². The molecule has 0 bridgehead atoms. The van der Waals surface area contributed by atoms with Gasteiger partial charge in [-0.05, 0) is 56.2 Å². The Kier molecular flexibility index (Phi) is 6.94. The molecule has 2 heterocycles. The zero-order valence-electron chi connectivity index (χ0n) is 17.7. The molecule has 0 amide bonds. The van der Waals surface area contributed by atoms with Crippen molar-refractivity contribution in [2.24, 2.45) is 4.99 Å². The van der Waals surface area contributed by atoms with Crippen LogP contribution in [0.25, 0.3) is 5.82 Å². The summed E-state index contributed by atoms with van der Waals surface area (Å²) < 4.78 is 40.4. The lowest BCUT2D eigenvalue weighted by molar-refractivity contribution is -0.137. The first kappa shape index (κ1) is 22.3. The van der Waals surface area contributed by atoms with E-state index in [2.05, 4.69) is 25.7 Å². The molecule has 0 saturated carbocycles. The smallest absolute Gasteiger partial charge is 0.357 e. The van der Waals surface area contributed by atoms with Crippen molar-refractivity contribution in [3.8, 4) is 5.82 Å². The van der Waals surface area contributed by atoms with Gasteiger partial charge in [-0.3, -0.25) is 0 Å². The number of nitrogens with one attached hydrogen (secondary N) is 2. The second-order valence-electron chi connectivity index (χ2n) is 7.11. The second kappa shape index (κ2) is 9.63. The van der Waals surface area contributed by atoms with Crippen molar-refractivity contribution in [3.05, 3.63) is 76.7 Å². The van der Waals surface area contributed by atoms with Crippen LogP contribution in [0.2, 0.25) is 0 Å². The van der Waals surface area contributed by atoms with Gasteiger partial charge in [-0.15, -0.1) is 0 Å². The van der Waals surface area contributed by atoms with Gasteiger partial charge in [-0.1, -0.05) is 18.2 Å². The fourth-order valence-electron chi connectivity index (χ4n) is 3.05. The zero-order chi connectivity index (χ0) is 22.4. The Morgan fingerprint density at radius 2 is 1.87 bits per heavy atom. The van der Waals surface area contributed by atoms with Gasteiger partial charge in [-0.25, -0.2) is 14.7 Å². The molecule has 9 heteroatoms. The number of rotatable bonds is 6. The first-order valence-corrected chi connectivity index (χ1v) is 9.93. The number of aromatic nitrogens is 3. The van der Waals surface area contributed by atoms with Gasteiger partial charge in [0.1, 0.15) is 0 Å². The molecule has 0 fully saturated rings. The molecule has 0 aliphatic heterocycles. The van der Waals surface area contributed by atoms with Gasteiger partial charge < -0.3 is 10.6 Å². The maximum absolute atomic E-state index is 12.9. The van der Waals surface area contributed by atoms with Crippen LogP contribution >= 0.6 is 0 Å². The van der Waals surface area contributed by atoms with E-state index in [9.17, 15) is 13.2 Å². The van der Waals surface area contributed by atoms with Crippen LogP contribution in [-0.4, -0.2) is 27.3 Å². The summed E-state index contributed by atoms with van der Waals surface area (Å²) >= 11 is 0. The molecular formula is C22H25F3N6. The van der Waals surface area contributed by atoms with E-state index in [1.54, 1.807) is 16.9 Å². The van der Waals surface area contributed by atoms with Crippen LogP contribution in [0.4, 0.5) is 13.2 Å². The lowest BCUT2D eigenvalue weighted by atomic mass is 10.1. The number of aryl methyl sites for hydroxylation is 2. The molecule has 2 aromatic heterocycles. The number of hydrogen-bond acceptors (Lipinski definition) is 3. The van der Waals surface area contributed by atoms with E-state index < -0.39 is 11.7 Å². The Morgan fingerprint density at radius 1 is 1.06 bits per heavy atom. The van der Waals surface area contributed by atoms with Gasteiger partial charge in [0.05, 0.1) is 17.8 Å². The predicted molar refractivity (Wildman–Crippen MR) is 114 cm³/mol. The summed E-state index contributed by atoms with van der Waals surface area (Å²) in [5, 5.41) is 10.6. The average molecular weight is 430 g/mol. The second-order valence-corrected chi connectivity index (χ2v) is 7.11. The largest absolute Gasteiger partial charge is 0.416 e. The highest BCUT2D eigenvalue weighted by Gasteiger charge is 2.30. The van der Waals surface area contributed by atoms with Crippen LogP contribution in [0, 0.1) is 13.8 Å². The third kappa shape index (κ3) is 6.07. The molecule has 0 aliphatic rings. The molecule has 2 N–H and O–H groups in total. The average Bonchev–Trinajstić information content (AvgIpc) is 3.08. The molecule has 0 aliphatic carbocycles. The van der Waals surface area contributed by atoms with Crippen molar-refractivity contribution in [2.45, 2.75) is 40.0 Å². The first-order chi connectivity index (χ1) is 14.8. The van der Waals surface area contributed by atoms with Crippen LogP contribution < -0.4 is 10.6 Å². The highest BCUT2D eigenvalue weighted by Crippen LogP contribution is 2.29. The van der Waals surface area contributed by atoms with E-state index in [0.717, 1.165) is 34.9 Å². The predicted octanol–water partition coefficient (Wildman–Crippen LogP) is 4.16. The van der Waals surface area contributed by atoms with Crippen molar-refractivity contribution in [1.82, 2.24) is 25.4 Å². The van der Waals surface area contributed by atoms with Crippen LogP contribution in [-0.2, 0) is 19.3 Å². The van der Waals surface area contributed by atoms with Crippen molar-refractivity contribution in [3.63, 3.8) is 0 Å². The van der Waals surface area contributed by atoms with E-state index in [-0.39, 0.29) is 6.54 Å². The van der Waals surface area contributed by atoms with E-state index in [1.165, 1.54) is 6.07 Å². The fourth-order valence-corrected chi connectivity index (χ4v) is 3.05. The summed E-state index contributed by atoms with van der Waals surface area (Å²) in [7, 11) is 0. The maximum Gasteiger partial charge on any atom is 0.416 e. The highest BCUT2D eigenvalue weighted by molar-refractivity contribution is 5.79. The van der Waals surface area contributed by atoms with Gasteiger partial charge in [-0.2, -0.15) is 18.3 Å². The lowest BCUT2D eigenvalue weighted by Crippen LogP contribution is -2.36. The van der Waals surface area contributed by atoms with Gasteiger partial charge in [0.2, 0.25) is 0 Å². The fraction of sp³-hybridized carbons (Fsp3) is 0.318. The van der Waals surface area contributed by atoms with Crippen molar-refractivity contribution in [1.29, 1.82) is 0 Å². The molecule has 0 radical (unpaired) electrons. The topological polar surface area (TPSA) is 67.1 Å². The SMILES string of the molecule is CCNC(=NCc1ccc(-n2nc(C)cc2C)nc1)NCc1cccc(C(F)(F)F)c1. The van der Waals surface area contributed by atoms with E-state index in [1.807, 2.05) is 39.0 Å². The minimum absolute atomic E-state index is 0.227. The molecule has 1 aromatic carbocycles. The standard InChI is InChI=1S/C22H25F3N6/c1-4-26-21(28-12-17-6-5-7-19(11-17)22(23,24)25)29-14-18-8-9-20(27-13-18)31-16(3)10-15(2)30-31/h5-11,13H,4,12,14H2,1-3H3,(H2,26,28,29). The Bertz CT molecular complexity index is 1040. The minimum atomic E-state index is -4.36. The summed E-state index contributed by atoms with van der Waals surface area (Å²) in [6.07, 6.45) is -2.62. The summed E-state index contributed by atoms with van der Waals surface area (Å²) in [4.78, 5) is 8.96. The van der Waals surface area contributed by atoms with Gasteiger partial charge in [0, 0.05) is 25.0 Å². The van der Waals surface area contributed by atoms with Gasteiger partial charge in [0.25, 0.3) is 0 Å². The quantitative estimate of drug-likeness (QED) is 0.455. The summed E-state index contributed by atoms with van der Waals surface area (Å²) in [6, 6.07) is 11.0. The summed E-state index contributed by atoms with van der Waals surface area (Å²) in [5.41, 5.74) is 2.69. The monoisotopic (exact) mass is 430 g/mol. The summed E-state index contributed by atoms with van der Waals surface area (Å²) in [5.74, 6) is 1.25. The lowest BCUT2D eigenvalue weighted by Gasteiger charge is -2.13. The Morgan fingerprint density at radius 3 is 2.48 bits per heavy atom. The normalized spacial score (nSPS) is 12.1. The van der Waals surface area contributed by atoms with E-state index in [4.69, 9.17) is 0 Å². The van der Waals surface area contributed by atoms with Crippen LogP contribution in [0.3, 0.4) is 0 Å². The van der Waals surface area contributed by atoms with Crippen molar-refractivity contribution >= 4 is 5.96 Å². The number of benzene rings is 1. The molecule has 3 rings (SSSR count). The van der Waals surface area contributed by atoms with Gasteiger partial charge in [0.15, 0.2) is 11.8 Å². The molecular weight excluding hydrogens is 405 g/mol. The summed E-state index contributed by atoms with van der Waals surface area (Å²) in [6.45, 7) is 7.06. The third-order valence-electron chi connectivity index (χ3n) is 4.51.